The third-order valence-corrected chi connectivity index (χ3v) is 8.15. The molecular formula is C23H22Cl2N4O4S. The Balaban J connectivity index is 1.64. The number of carbonyl (C=O) groups excluding carboxylic acids is 1. The number of carbonyl (C=O) groups is 1. The highest BCUT2D eigenvalue weighted by Crippen LogP contribution is 2.29. The van der Waals surface area contributed by atoms with Crippen molar-refractivity contribution in [1.29, 1.82) is 0 Å². The minimum absolute atomic E-state index is 0.0575. The first kappa shape index (κ1) is 24.4. The van der Waals surface area contributed by atoms with E-state index >= 15 is 0 Å². The summed E-state index contributed by atoms with van der Waals surface area (Å²) in [5, 5.41) is 7.40. The molecule has 34 heavy (non-hydrogen) atoms. The van der Waals surface area contributed by atoms with E-state index in [1.165, 1.54) is 33.3 Å². The number of nitrogens with one attached hydrogen (secondary N) is 1. The zero-order valence-electron chi connectivity index (χ0n) is 18.3. The van der Waals surface area contributed by atoms with Crippen LogP contribution in [0.25, 0.3) is 5.69 Å². The van der Waals surface area contributed by atoms with Gasteiger partial charge in [-0.05, 0) is 62.2 Å². The fourth-order valence-electron chi connectivity index (χ4n) is 3.76. The van der Waals surface area contributed by atoms with E-state index in [9.17, 15) is 18.0 Å². The van der Waals surface area contributed by atoms with E-state index < -0.39 is 21.4 Å². The number of sulfonamides is 1. The topological polar surface area (TPSA) is 101 Å². The predicted molar refractivity (Wildman–Crippen MR) is 132 cm³/mol. The van der Waals surface area contributed by atoms with E-state index in [2.05, 4.69) is 10.4 Å². The zero-order valence-corrected chi connectivity index (χ0v) is 20.6. The van der Waals surface area contributed by atoms with Crippen LogP contribution in [0.4, 0.5) is 5.69 Å². The maximum Gasteiger partial charge on any atom is 0.280 e. The summed E-state index contributed by atoms with van der Waals surface area (Å²) in [7, 11) is -3.82. The van der Waals surface area contributed by atoms with Crippen LogP contribution in [0.15, 0.2) is 58.2 Å². The Morgan fingerprint density at radius 1 is 1.00 bits per heavy atom. The van der Waals surface area contributed by atoms with Gasteiger partial charge >= 0.3 is 0 Å². The molecule has 178 valence electrons. The van der Waals surface area contributed by atoms with Crippen molar-refractivity contribution in [1.82, 2.24) is 14.1 Å². The van der Waals surface area contributed by atoms with E-state index in [0.717, 1.165) is 19.3 Å². The highest BCUT2D eigenvalue weighted by molar-refractivity contribution is 7.89. The lowest BCUT2D eigenvalue weighted by Crippen LogP contribution is -2.35. The summed E-state index contributed by atoms with van der Waals surface area (Å²) < 4.78 is 29.0. The van der Waals surface area contributed by atoms with Crippen LogP contribution in [0.2, 0.25) is 10.0 Å². The molecule has 0 spiro atoms. The van der Waals surface area contributed by atoms with Crippen molar-refractivity contribution in [2.45, 2.75) is 31.1 Å². The zero-order chi connectivity index (χ0) is 24.5. The number of rotatable bonds is 5. The summed E-state index contributed by atoms with van der Waals surface area (Å²) in [5.74, 6) is -0.767. The molecule has 1 fully saturated rings. The van der Waals surface area contributed by atoms with Gasteiger partial charge in [-0.2, -0.15) is 9.40 Å². The molecular weight excluding hydrogens is 499 g/mol. The Morgan fingerprint density at radius 2 is 1.68 bits per heavy atom. The van der Waals surface area contributed by atoms with Gasteiger partial charge < -0.3 is 5.32 Å². The first-order chi connectivity index (χ1) is 16.2. The Labute approximate surface area is 207 Å². The lowest BCUT2D eigenvalue weighted by Gasteiger charge is -2.26. The third kappa shape index (κ3) is 5.02. The van der Waals surface area contributed by atoms with Gasteiger partial charge in [0.2, 0.25) is 15.5 Å². The molecule has 1 aromatic heterocycles. The van der Waals surface area contributed by atoms with Crippen LogP contribution in [-0.4, -0.2) is 41.5 Å². The number of halogens is 2. The molecule has 0 atom stereocenters. The maximum atomic E-state index is 13.1. The molecule has 1 aliphatic heterocycles. The molecule has 8 nitrogen and oxygen atoms in total. The smallest absolute Gasteiger partial charge is 0.280 e. The number of hydrogen-bond acceptors (Lipinski definition) is 5. The molecule has 3 aromatic rings. The van der Waals surface area contributed by atoms with E-state index in [1.807, 2.05) is 0 Å². The average Bonchev–Trinajstić information content (AvgIpc) is 2.81. The number of anilines is 1. The first-order valence-electron chi connectivity index (χ1n) is 10.6. The molecule has 1 aliphatic rings. The van der Waals surface area contributed by atoms with Gasteiger partial charge in [-0.3, -0.25) is 9.59 Å². The Kier molecular flexibility index (Phi) is 7.09. The second kappa shape index (κ2) is 9.87. The van der Waals surface area contributed by atoms with Crippen LogP contribution in [0, 0.1) is 6.92 Å². The standard InChI is InChI=1S/C23H22Cl2N4O4S/c1-15-13-20(30)22(27-29(15)18-8-5-16(24)6-9-18)23(31)26-17-7-10-19(25)21(14-17)34(32,33)28-11-3-2-4-12-28/h5-10,13-14H,2-4,11-12H2,1H3,(H,26,31). The lowest BCUT2D eigenvalue weighted by atomic mass is 10.2. The van der Waals surface area contributed by atoms with Crippen LogP contribution < -0.4 is 10.7 Å². The van der Waals surface area contributed by atoms with Crippen LogP contribution in [0.5, 0.6) is 0 Å². The van der Waals surface area contributed by atoms with Crippen LogP contribution in [-0.2, 0) is 10.0 Å². The summed E-state index contributed by atoms with van der Waals surface area (Å²) in [5.41, 5.74) is 0.443. The molecule has 11 heteroatoms. The predicted octanol–water partition coefficient (Wildman–Crippen LogP) is 4.27. The molecule has 0 aliphatic carbocycles. The van der Waals surface area contributed by atoms with Crippen molar-refractivity contribution in [3.05, 3.63) is 80.2 Å². The van der Waals surface area contributed by atoms with Crippen molar-refractivity contribution >= 4 is 44.8 Å². The van der Waals surface area contributed by atoms with Crippen molar-refractivity contribution in [2.75, 3.05) is 18.4 Å². The fraction of sp³-hybridized carbons (Fsp3) is 0.261. The number of benzene rings is 2. The first-order valence-corrected chi connectivity index (χ1v) is 12.8. The number of amides is 1. The summed E-state index contributed by atoms with van der Waals surface area (Å²) in [6.45, 7) is 2.54. The third-order valence-electron chi connectivity index (χ3n) is 5.52. The van der Waals surface area contributed by atoms with Crippen molar-refractivity contribution < 1.29 is 13.2 Å². The Bertz CT molecular complexity index is 1400. The van der Waals surface area contributed by atoms with E-state index in [4.69, 9.17) is 23.2 Å². The normalized spacial score (nSPS) is 14.7. The van der Waals surface area contributed by atoms with E-state index in [-0.39, 0.29) is 21.3 Å². The second-order valence-electron chi connectivity index (χ2n) is 7.95. The van der Waals surface area contributed by atoms with Gasteiger partial charge in [-0.1, -0.05) is 29.6 Å². The summed E-state index contributed by atoms with van der Waals surface area (Å²) in [6.07, 6.45) is 2.55. The summed E-state index contributed by atoms with van der Waals surface area (Å²) in [6, 6.07) is 12.3. The number of piperidine rings is 1. The monoisotopic (exact) mass is 520 g/mol. The SMILES string of the molecule is Cc1cc(=O)c(C(=O)Nc2ccc(Cl)c(S(=O)(=O)N3CCCCC3)c2)nn1-c1ccc(Cl)cc1. The van der Waals surface area contributed by atoms with E-state index in [0.29, 0.717) is 29.5 Å². The molecule has 0 radical (unpaired) electrons. The van der Waals surface area contributed by atoms with Gasteiger partial charge in [0, 0.05) is 35.6 Å². The highest BCUT2D eigenvalue weighted by atomic mass is 35.5. The van der Waals surface area contributed by atoms with Gasteiger partial charge in [0.25, 0.3) is 5.91 Å². The molecule has 4 rings (SSSR count). The number of hydrogen-bond donors (Lipinski definition) is 1. The number of aromatic nitrogens is 2. The second-order valence-corrected chi connectivity index (χ2v) is 10.7. The largest absolute Gasteiger partial charge is 0.320 e. The Morgan fingerprint density at radius 3 is 2.35 bits per heavy atom. The van der Waals surface area contributed by atoms with Crippen LogP contribution >= 0.6 is 23.2 Å². The molecule has 0 bridgehead atoms. The minimum atomic E-state index is -3.82. The molecule has 0 unspecified atom stereocenters. The van der Waals surface area contributed by atoms with Crippen LogP contribution in [0.1, 0.15) is 35.4 Å². The lowest BCUT2D eigenvalue weighted by molar-refractivity contribution is 0.101. The highest BCUT2D eigenvalue weighted by Gasteiger charge is 2.28. The molecule has 1 saturated heterocycles. The van der Waals surface area contributed by atoms with Gasteiger partial charge in [0.05, 0.1) is 10.7 Å². The van der Waals surface area contributed by atoms with Gasteiger partial charge in [0.1, 0.15) is 4.90 Å². The molecule has 1 amide bonds. The average molecular weight is 521 g/mol. The maximum absolute atomic E-state index is 13.1. The summed E-state index contributed by atoms with van der Waals surface area (Å²) in [4.78, 5) is 25.4. The van der Waals surface area contributed by atoms with Crippen molar-refractivity contribution in [3.63, 3.8) is 0 Å². The summed E-state index contributed by atoms with van der Waals surface area (Å²) >= 11 is 12.1. The quantitative estimate of drug-likeness (QED) is 0.541. The molecule has 2 heterocycles. The minimum Gasteiger partial charge on any atom is -0.320 e. The van der Waals surface area contributed by atoms with Gasteiger partial charge in [0.15, 0.2) is 5.69 Å². The Hall–Kier alpha value is -2.72. The number of aryl methyl sites for hydroxylation is 1. The fourth-order valence-corrected chi connectivity index (χ4v) is 5.91. The van der Waals surface area contributed by atoms with Gasteiger partial charge in [-0.15, -0.1) is 0 Å². The number of nitrogens with zero attached hydrogens (tertiary/aromatic N) is 3. The van der Waals surface area contributed by atoms with Crippen molar-refractivity contribution in [3.8, 4) is 5.69 Å². The van der Waals surface area contributed by atoms with Crippen molar-refractivity contribution in [2.24, 2.45) is 0 Å². The molecule has 2 aromatic carbocycles. The van der Waals surface area contributed by atoms with E-state index in [1.54, 1.807) is 31.2 Å². The molecule has 0 saturated carbocycles. The van der Waals surface area contributed by atoms with Crippen LogP contribution in [0.3, 0.4) is 0 Å². The molecule has 1 N–H and O–H groups in total. The van der Waals surface area contributed by atoms with Gasteiger partial charge in [-0.25, -0.2) is 13.1 Å².